The van der Waals surface area contributed by atoms with Gasteiger partial charge in [-0.2, -0.15) is 0 Å². The molecule has 8 heteroatoms. The van der Waals surface area contributed by atoms with E-state index in [9.17, 15) is 9.59 Å². The number of furan rings is 1. The van der Waals surface area contributed by atoms with E-state index in [0.29, 0.717) is 43.3 Å². The number of aromatic nitrogens is 2. The van der Waals surface area contributed by atoms with Crippen molar-refractivity contribution in [2.75, 3.05) is 37.7 Å². The van der Waals surface area contributed by atoms with Crippen molar-refractivity contribution in [1.82, 2.24) is 14.9 Å². The molecule has 0 N–H and O–H groups in total. The smallest absolute Gasteiger partial charge is 0.375 e. The van der Waals surface area contributed by atoms with Gasteiger partial charge in [-0.3, -0.25) is 4.79 Å². The van der Waals surface area contributed by atoms with E-state index in [1.54, 1.807) is 36.4 Å². The van der Waals surface area contributed by atoms with Gasteiger partial charge >= 0.3 is 5.97 Å². The van der Waals surface area contributed by atoms with Crippen LogP contribution >= 0.6 is 0 Å². The number of hydrogen-bond acceptors (Lipinski definition) is 7. The van der Waals surface area contributed by atoms with Gasteiger partial charge in [-0.1, -0.05) is 18.2 Å². The first-order chi connectivity index (χ1) is 13.6. The van der Waals surface area contributed by atoms with Gasteiger partial charge in [-0.15, -0.1) is 0 Å². The van der Waals surface area contributed by atoms with E-state index in [2.05, 4.69) is 9.97 Å². The summed E-state index contributed by atoms with van der Waals surface area (Å²) in [4.78, 5) is 36.9. The Bertz CT molecular complexity index is 994. The van der Waals surface area contributed by atoms with E-state index in [-0.39, 0.29) is 18.3 Å². The molecule has 2 aromatic heterocycles. The Morgan fingerprint density at radius 1 is 1.07 bits per heavy atom. The highest BCUT2D eigenvalue weighted by molar-refractivity contribution is 5.96. The summed E-state index contributed by atoms with van der Waals surface area (Å²) in [5.41, 5.74) is 1.34. The minimum atomic E-state index is -0.627. The van der Waals surface area contributed by atoms with Crippen molar-refractivity contribution in [3.63, 3.8) is 0 Å². The third-order valence-corrected chi connectivity index (χ3v) is 4.82. The van der Waals surface area contributed by atoms with Crippen molar-refractivity contribution < 1.29 is 18.7 Å². The Morgan fingerprint density at radius 2 is 1.79 bits per heavy atom. The summed E-state index contributed by atoms with van der Waals surface area (Å²) in [5, 5.41) is 0.861. The molecule has 0 unspecified atom stereocenters. The standard InChI is InChI=1S/C20H20N4O4/c1-14-15-5-2-3-6-16(15)28-18(14)19(26)27-13-17(25)23-9-11-24(12-10-23)20-21-7-4-8-22-20/h2-8H,9-13H2,1H3. The second-order valence-corrected chi connectivity index (χ2v) is 6.55. The lowest BCUT2D eigenvalue weighted by atomic mass is 10.1. The Balaban J connectivity index is 1.32. The fourth-order valence-electron chi connectivity index (χ4n) is 3.26. The molecule has 0 aliphatic carbocycles. The number of carbonyl (C=O) groups excluding carboxylic acids is 2. The molecule has 1 amide bonds. The van der Waals surface area contributed by atoms with Crippen LogP contribution in [0.4, 0.5) is 5.95 Å². The van der Waals surface area contributed by atoms with Crippen LogP contribution in [0.25, 0.3) is 11.0 Å². The maximum atomic E-state index is 12.4. The average molecular weight is 380 g/mol. The molecule has 1 saturated heterocycles. The lowest BCUT2D eigenvalue weighted by Crippen LogP contribution is -2.50. The van der Waals surface area contributed by atoms with Crippen LogP contribution in [0.5, 0.6) is 0 Å². The molecule has 144 valence electrons. The van der Waals surface area contributed by atoms with E-state index in [1.165, 1.54) is 0 Å². The number of piperazine rings is 1. The quantitative estimate of drug-likeness (QED) is 0.640. The summed E-state index contributed by atoms with van der Waals surface area (Å²) in [7, 11) is 0. The number of nitrogens with zero attached hydrogens (tertiary/aromatic N) is 4. The van der Waals surface area contributed by atoms with Crippen LogP contribution in [-0.4, -0.2) is 59.5 Å². The number of rotatable bonds is 4. The largest absolute Gasteiger partial charge is 0.450 e. The van der Waals surface area contributed by atoms with E-state index in [1.807, 2.05) is 23.1 Å². The number of carbonyl (C=O) groups is 2. The van der Waals surface area contributed by atoms with Gasteiger partial charge in [0.05, 0.1) is 0 Å². The summed E-state index contributed by atoms with van der Waals surface area (Å²) < 4.78 is 10.8. The molecule has 28 heavy (non-hydrogen) atoms. The monoisotopic (exact) mass is 380 g/mol. The molecule has 0 radical (unpaired) electrons. The Morgan fingerprint density at radius 3 is 2.50 bits per heavy atom. The Labute approximate surface area is 161 Å². The summed E-state index contributed by atoms with van der Waals surface area (Å²) in [6.45, 7) is 3.81. The summed E-state index contributed by atoms with van der Waals surface area (Å²) >= 11 is 0. The van der Waals surface area contributed by atoms with E-state index in [0.717, 1.165) is 5.39 Å². The fourth-order valence-corrected chi connectivity index (χ4v) is 3.26. The predicted octanol–water partition coefficient (Wildman–Crippen LogP) is 2.04. The Hall–Kier alpha value is -3.42. The number of hydrogen-bond donors (Lipinski definition) is 0. The van der Waals surface area contributed by atoms with Crippen molar-refractivity contribution in [1.29, 1.82) is 0 Å². The first-order valence-electron chi connectivity index (χ1n) is 9.08. The van der Waals surface area contributed by atoms with Gasteiger partial charge in [0, 0.05) is 49.5 Å². The van der Waals surface area contributed by atoms with Gasteiger partial charge in [-0.05, 0) is 19.1 Å². The van der Waals surface area contributed by atoms with Crippen LogP contribution in [0.2, 0.25) is 0 Å². The van der Waals surface area contributed by atoms with Crippen LogP contribution in [-0.2, 0) is 9.53 Å². The first kappa shape index (κ1) is 18.0. The number of aryl methyl sites for hydroxylation is 1. The minimum absolute atomic E-state index is 0.139. The van der Waals surface area contributed by atoms with E-state index >= 15 is 0 Å². The molecule has 1 aliphatic heterocycles. The molecule has 0 saturated carbocycles. The van der Waals surface area contributed by atoms with Gasteiger partial charge in [0.1, 0.15) is 5.58 Å². The number of ether oxygens (including phenoxy) is 1. The van der Waals surface area contributed by atoms with Crippen LogP contribution < -0.4 is 4.90 Å². The number of para-hydroxylation sites is 1. The van der Waals surface area contributed by atoms with Gasteiger partial charge < -0.3 is 19.0 Å². The maximum absolute atomic E-state index is 12.4. The number of anilines is 1. The molecule has 4 rings (SSSR count). The molecule has 3 heterocycles. The molecular weight excluding hydrogens is 360 g/mol. The van der Waals surface area contributed by atoms with Gasteiger partial charge in [0.25, 0.3) is 5.91 Å². The molecule has 0 atom stereocenters. The third-order valence-electron chi connectivity index (χ3n) is 4.82. The van der Waals surface area contributed by atoms with Gasteiger partial charge in [-0.25, -0.2) is 14.8 Å². The van der Waals surface area contributed by atoms with Crippen molar-refractivity contribution >= 4 is 28.8 Å². The molecule has 0 bridgehead atoms. The highest BCUT2D eigenvalue weighted by atomic mass is 16.5. The van der Waals surface area contributed by atoms with Gasteiger partial charge in [0.15, 0.2) is 6.61 Å². The van der Waals surface area contributed by atoms with E-state index in [4.69, 9.17) is 9.15 Å². The zero-order valence-corrected chi connectivity index (χ0v) is 15.5. The van der Waals surface area contributed by atoms with Crippen molar-refractivity contribution in [3.05, 3.63) is 54.0 Å². The Kier molecular flexibility index (Phi) is 4.92. The molecule has 0 spiro atoms. The van der Waals surface area contributed by atoms with Crippen LogP contribution in [0.3, 0.4) is 0 Å². The highest BCUT2D eigenvalue weighted by Crippen LogP contribution is 2.25. The molecule has 8 nitrogen and oxygen atoms in total. The van der Waals surface area contributed by atoms with Crippen molar-refractivity contribution in [2.45, 2.75) is 6.92 Å². The number of esters is 1. The first-order valence-corrected chi connectivity index (χ1v) is 9.08. The molecular formula is C20H20N4O4. The predicted molar refractivity (Wildman–Crippen MR) is 102 cm³/mol. The highest BCUT2D eigenvalue weighted by Gasteiger charge is 2.25. The van der Waals surface area contributed by atoms with Crippen molar-refractivity contribution in [2.24, 2.45) is 0 Å². The van der Waals surface area contributed by atoms with Crippen LogP contribution in [0.15, 0.2) is 47.1 Å². The maximum Gasteiger partial charge on any atom is 0.375 e. The molecule has 1 aliphatic rings. The fraction of sp³-hybridized carbons (Fsp3) is 0.300. The second-order valence-electron chi connectivity index (χ2n) is 6.55. The van der Waals surface area contributed by atoms with Crippen LogP contribution in [0, 0.1) is 6.92 Å². The number of fused-ring (bicyclic) bond motifs is 1. The number of benzene rings is 1. The summed E-state index contributed by atoms with van der Waals surface area (Å²) in [5.74, 6) is -0.0597. The number of amides is 1. The normalized spacial score (nSPS) is 14.3. The second kappa shape index (κ2) is 7.67. The average Bonchev–Trinajstić information content (AvgIpc) is 3.09. The molecule has 1 fully saturated rings. The molecule has 3 aromatic rings. The lowest BCUT2D eigenvalue weighted by Gasteiger charge is -2.34. The minimum Gasteiger partial charge on any atom is -0.450 e. The van der Waals surface area contributed by atoms with Gasteiger partial charge in [0.2, 0.25) is 11.7 Å². The van der Waals surface area contributed by atoms with Crippen LogP contribution in [0.1, 0.15) is 16.1 Å². The van der Waals surface area contributed by atoms with Crippen molar-refractivity contribution in [3.8, 4) is 0 Å². The lowest BCUT2D eigenvalue weighted by molar-refractivity contribution is -0.134. The summed E-state index contributed by atoms with van der Waals surface area (Å²) in [6.07, 6.45) is 3.39. The summed E-state index contributed by atoms with van der Waals surface area (Å²) in [6, 6.07) is 9.15. The zero-order valence-electron chi connectivity index (χ0n) is 15.5. The third kappa shape index (κ3) is 3.53. The van der Waals surface area contributed by atoms with E-state index < -0.39 is 5.97 Å². The molecule has 1 aromatic carbocycles. The topological polar surface area (TPSA) is 88.8 Å². The zero-order chi connectivity index (χ0) is 19.5. The SMILES string of the molecule is Cc1c(C(=O)OCC(=O)N2CCN(c3ncccn3)CC2)oc2ccccc12.